The van der Waals surface area contributed by atoms with Crippen LogP contribution in [0.25, 0.3) is 0 Å². The number of piperidine rings is 1. The van der Waals surface area contributed by atoms with Crippen LogP contribution in [0, 0.1) is 0 Å². The minimum absolute atomic E-state index is 0. The number of ether oxygens (including phenoxy) is 1. The fourth-order valence-electron chi connectivity index (χ4n) is 3.59. The quantitative estimate of drug-likeness (QED) is 0.341. The summed E-state index contributed by atoms with van der Waals surface area (Å²) in [5.74, 6) is 1.77. The van der Waals surface area contributed by atoms with Crippen molar-refractivity contribution in [3.8, 4) is 5.75 Å². The topological polar surface area (TPSA) is 52.1 Å². The van der Waals surface area contributed by atoms with Gasteiger partial charge in [0.05, 0.1) is 13.2 Å². The summed E-state index contributed by atoms with van der Waals surface area (Å²) in [6.07, 6.45) is 2.32. The van der Waals surface area contributed by atoms with Crippen molar-refractivity contribution in [2.75, 3.05) is 47.9 Å². The van der Waals surface area contributed by atoms with E-state index in [2.05, 4.69) is 65.5 Å². The lowest BCUT2D eigenvalue weighted by Gasteiger charge is -2.35. The van der Waals surface area contributed by atoms with Gasteiger partial charge in [0.2, 0.25) is 0 Å². The summed E-state index contributed by atoms with van der Waals surface area (Å²) in [6, 6.07) is 9.62. The predicted octanol–water partition coefficient (Wildman–Crippen LogP) is 2.95. The van der Waals surface area contributed by atoms with Crippen molar-refractivity contribution >= 4 is 29.9 Å². The lowest BCUT2D eigenvalue weighted by atomic mass is 10.0. The molecule has 1 unspecified atom stereocenters. The number of likely N-dealkylation sites (N-methyl/N-ethyl adjacent to an activating group) is 1. The average Bonchev–Trinajstić information content (AvgIpc) is 2.67. The van der Waals surface area contributed by atoms with Crippen LogP contribution in [0.5, 0.6) is 5.75 Å². The Kier molecular flexibility index (Phi) is 11.1. The minimum Gasteiger partial charge on any atom is -0.497 e. The summed E-state index contributed by atoms with van der Waals surface area (Å²) < 4.78 is 5.38. The van der Waals surface area contributed by atoms with Crippen molar-refractivity contribution in [3.63, 3.8) is 0 Å². The summed E-state index contributed by atoms with van der Waals surface area (Å²) >= 11 is 0. The Morgan fingerprint density at radius 1 is 1.29 bits per heavy atom. The highest BCUT2D eigenvalue weighted by Crippen LogP contribution is 2.22. The van der Waals surface area contributed by atoms with E-state index < -0.39 is 0 Å². The van der Waals surface area contributed by atoms with E-state index in [0.717, 1.165) is 44.2 Å². The number of likely N-dealkylation sites (tertiary alicyclic amines) is 1. The van der Waals surface area contributed by atoms with Gasteiger partial charge in [-0.25, -0.2) is 0 Å². The molecule has 1 saturated heterocycles. The second-order valence-electron chi connectivity index (χ2n) is 7.76. The zero-order valence-corrected chi connectivity index (χ0v) is 20.6. The Bertz CT molecular complexity index is 600. The molecule has 0 saturated carbocycles. The lowest BCUT2D eigenvalue weighted by molar-refractivity contribution is 0.167. The molecule has 7 heteroatoms. The van der Waals surface area contributed by atoms with Crippen molar-refractivity contribution in [1.29, 1.82) is 0 Å². The Morgan fingerprint density at radius 2 is 1.96 bits per heavy atom. The van der Waals surface area contributed by atoms with Gasteiger partial charge in [0, 0.05) is 38.8 Å². The number of benzene rings is 1. The van der Waals surface area contributed by atoms with Gasteiger partial charge in [-0.2, -0.15) is 0 Å². The van der Waals surface area contributed by atoms with Gasteiger partial charge in [-0.05, 0) is 58.5 Å². The normalized spacial score (nSPS) is 17.4. The van der Waals surface area contributed by atoms with E-state index in [9.17, 15) is 0 Å². The number of hydrogen-bond acceptors (Lipinski definition) is 4. The third-order valence-electron chi connectivity index (χ3n) is 5.39. The summed E-state index contributed by atoms with van der Waals surface area (Å²) in [5, 5.41) is 7.11. The number of guanidine groups is 1. The zero-order valence-electron chi connectivity index (χ0n) is 18.2. The standard InChI is InChI=1S/C21H37N5O.HI/c1-16(2)26-12-10-18(11-13-26)24-21(22-3)23-15-20(25(4)5)17-8-7-9-19(14-17)27-6;/h7-9,14,16,18,20H,10-13,15H2,1-6H3,(H2,22,23,24);1H. The van der Waals surface area contributed by atoms with Crippen LogP contribution in [0.2, 0.25) is 0 Å². The Hall–Kier alpha value is -1.06. The second kappa shape index (κ2) is 12.5. The minimum atomic E-state index is 0. The second-order valence-corrected chi connectivity index (χ2v) is 7.76. The summed E-state index contributed by atoms with van der Waals surface area (Å²) in [6.45, 7) is 7.63. The largest absolute Gasteiger partial charge is 0.497 e. The molecule has 160 valence electrons. The van der Waals surface area contributed by atoms with Crippen LogP contribution in [0.15, 0.2) is 29.3 Å². The molecule has 0 aromatic heterocycles. The molecule has 1 aliphatic heterocycles. The molecule has 1 fully saturated rings. The monoisotopic (exact) mass is 503 g/mol. The van der Waals surface area contributed by atoms with E-state index in [4.69, 9.17) is 4.74 Å². The number of methoxy groups -OCH3 is 1. The van der Waals surface area contributed by atoms with Gasteiger partial charge in [0.15, 0.2) is 5.96 Å². The molecule has 0 bridgehead atoms. The van der Waals surface area contributed by atoms with Crippen LogP contribution < -0.4 is 15.4 Å². The third-order valence-corrected chi connectivity index (χ3v) is 5.39. The van der Waals surface area contributed by atoms with E-state index in [1.165, 1.54) is 5.56 Å². The van der Waals surface area contributed by atoms with E-state index in [1.807, 2.05) is 19.2 Å². The Labute approximate surface area is 188 Å². The molecule has 28 heavy (non-hydrogen) atoms. The van der Waals surface area contributed by atoms with Crippen LogP contribution in [0.4, 0.5) is 0 Å². The van der Waals surface area contributed by atoms with Crippen molar-refractivity contribution in [3.05, 3.63) is 29.8 Å². The SMILES string of the molecule is CN=C(NCC(c1cccc(OC)c1)N(C)C)NC1CCN(C(C)C)CC1.I. The molecule has 0 spiro atoms. The number of rotatable bonds is 7. The summed E-state index contributed by atoms with van der Waals surface area (Å²) in [5.41, 5.74) is 1.23. The molecule has 6 nitrogen and oxygen atoms in total. The molecular formula is C21H38IN5O. The van der Waals surface area contributed by atoms with Crippen molar-refractivity contribution in [2.24, 2.45) is 4.99 Å². The summed E-state index contributed by atoms with van der Waals surface area (Å²) in [7, 11) is 7.75. The first-order valence-corrected chi connectivity index (χ1v) is 9.96. The van der Waals surface area contributed by atoms with Crippen LogP contribution in [-0.4, -0.2) is 75.7 Å². The molecular weight excluding hydrogens is 465 g/mol. The van der Waals surface area contributed by atoms with Crippen molar-refractivity contribution in [1.82, 2.24) is 20.4 Å². The van der Waals surface area contributed by atoms with Gasteiger partial charge < -0.3 is 25.2 Å². The molecule has 2 N–H and O–H groups in total. The smallest absolute Gasteiger partial charge is 0.191 e. The highest BCUT2D eigenvalue weighted by molar-refractivity contribution is 14.0. The highest BCUT2D eigenvalue weighted by Gasteiger charge is 2.22. The van der Waals surface area contributed by atoms with Crippen LogP contribution in [-0.2, 0) is 0 Å². The molecule has 1 aliphatic rings. The first kappa shape index (κ1) is 25.0. The van der Waals surface area contributed by atoms with Crippen molar-refractivity contribution < 1.29 is 4.74 Å². The average molecular weight is 503 g/mol. The third kappa shape index (κ3) is 7.40. The maximum absolute atomic E-state index is 5.38. The molecule has 0 aliphatic carbocycles. The molecule has 0 radical (unpaired) electrons. The number of halogens is 1. The van der Waals surface area contributed by atoms with Gasteiger partial charge in [0.25, 0.3) is 0 Å². The van der Waals surface area contributed by atoms with Gasteiger partial charge in [-0.15, -0.1) is 24.0 Å². The molecule has 1 heterocycles. The Balaban J connectivity index is 0.00000392. The highest BCUT2D eigenvalue weighted by atomic mass is 127. The first-order chi connectivity index (χ1) is 12.9. The number of hydrogen-bond donors (Lipinski definition) is 2. The zero-order chi connectivity index (χ0) is 19.8. The molecule has 1 aromatic carbocycles. The van der Waals surface area contributed by atoms with Gasteiger partial charge in [-0.3, -0.25) is 4.99 Å². The molecule has 2 rings (SSSR count). The van der Waals surface area contributed by atoms with Crippen LogP contribution in [0.1, 0.15) is 38.3 Å². The summed E-state index contributed by atoms with van der Waals surface area (Å²) in [4.78, 5) is 9.19. The fraction of sp³-hybridized carbons (Fsp3) is 0.667. The number of nitrogens with one attached hydrogen (secondary N) is 2. The van der Waals surface area contributed by atoms with E-state index >= 15 is 0 Å². The van der Waals surface area contributed by atoms with Crippen LogP contribution >= 0.6 is 24.0 Å². The number of nitrogens with zero attached hydrogens (tertiary/aromatic N) is 3. The number of aliphatic imine (C=N–C) groups is 1. The van der Waals surface area contributed by atoms with E-state index in [-0.39, 0.29) is 30.0 Å². The predicted molar refractivity (Wildman–Crippen MR) is 129 cm³/mol. The fourth-order valence-corrected chi connectivity index (χ4v) is 3.59. The van der Waals surface area contributed by atoms with Gasteiger partial charge >= 0.3 is 0 Å². The lowest BCUT2D eigenvalue weighted by Crippen LogP contribution is -2.50. The van der Waals surface area contributed by atoms with E-state index in [1.54, 1.807) is 7.11 Å². The molecule has 1 aromatic rings. The molecule has 1 atom stereocenters. The maximum atomic E-state index is 5.38. The first-order valence-electron chi connectivity index (χ1n) is 9.96. The van der Waals surface area contributed by atoms with Gasteiger partial charge in [0.1, 0.15) is 5.75 Å². The Morgan fingerprint density at radius 3 is 2.50 bits per heavy atom. The van der Waals surface area contributed by atoms with Crippen molar-refractivity contribution in [2.45, 2.75) is 44.8 Å². The van der Waals surface area contributed by atoms with Crippen LogP contribution in [0.3, 0.4) is 0 Å². The van der Waals surface area contributed by atoms with E-state index in [0.29, 0.717) is 12.1 Å². The molecule has 0 amide bonds. The van der Waals surface area contributed by atoms with Gasteiger partial charge in [-0.1, -0.05) is 12.1 Å². The maximum Gasteiger partial charge on any atom is 0.191 e.